The van der Waals surface area contributed by atoms with Gasteiger partial charge in [-0.25, -0.2) is 9.67 Å². The van der Waals surface area contributed by atoms with Gasteiger partial charge in [0, 0.05) is 24.5 Å². The number of nitrogens with zero attached hydrogens (tertiary/aromatic N) is 4. The Labute approximate surface area is 129 Å². The lowest BCUT2D eigenvalue weighted by molar-refractivity contribution is 0.302. The van der Waals surface area contributed by atoms with Gasteiger partial charge in [0.2, 0.25) is 0 Å². The van der Waals surface area contributed by atoms with Gasteiger partial charge in [-0.05, 0) is 45.6 Å². The molecule has 1 N–H and O–H groups in total. The molecule has 0 radical (unpaired) electrons. The summed E-state index contributed by atoms with van der Waals surface area (Å²) in [4.78, 5) is 20.5. The number of aromatic nitrogens is 4. The van der Waals surface area contributed by atoms with Crippen molar-refractivity contribution >= 4 is 5.82 Å². The summed E-state index contributed by atoms with van der Waals surface area (Å²) in [6.07, 6.45) is 7.32. The maximum Gasteiger partial charge on any atom is 0.267 e. The maximum absolute atomic E-state index is 12.0. The number of rotatable bonds is 3. The summed E-state index contributed by atoms with van der Waals surface area (Å²) in [6.45, 7) is 3.87. The molecule has 2 aromatic heterocycles. The van der Waals surface area contributed by atoms with E-state index in [1.165, 1.54) is 0 Å². The molecule has 6 nitrogen and oxygen atoms in total. The van der Waals surface area contributed by atoms with Gasteiger partial charge in [0.05, 0.1) is 17.4 Å². The Kier molecular flexibility index (Phi) is 4.18. The molecule has 0 saturated heterocycles. The van der Waals surface area contributed by atoms with Crippen LogP contribution >= 0.6 is 0 Å². The largest absolute Gasteiger partial charge is 0.366 e. The molecule has 22 heavy (non-hydrogen) atoms. The zero-order chi connectivity index (χ0) is 15.5. The molecular formula is C16H21N5O. The third-order valence-electron chi connectivity index (χ3n) is 4.22. The van der Waals surface area contributed by atoms with Crippen LogP contribution in [0.4, 0.5) is 5.82 Å². The lowest BCUT2D eigenvalue weighted by Crippen LogP contribution is -2.33. The van der Waals surface area contributed by atoms with Crippen molar-refractivity contribution in [3.05, 3.63) is 46.3 Å². The van der Waals surface area contributed by atoms with Crippen LogP contribution in [0.5, 0.6) is 0 Å². The monoisotopic (exact) mass is 299 g/mol. The van der Waals surface area contributed by atoms with Crippen LogP contribution in [-0.4, -0.2) is 25.8 Å². The first-order valence-corrected chi connectivity index (χ1v) is 7.74. The van der Waals surface area contributed by atoms with E-state index in [0.29, 0.717) is 6.04 Å². The molecule has 6 heteroatoms. The van der Waals surface area contributed by atoms with Crippen molar-refractivity contribution in [2.24, 2.45) is 0 Å². The van der Waals surface area contributed by atoms with Crippen LogP contribution in [0.25, 0.3) is 0 Å². The number of aryl methyl sites for hydroxylation is 2. The fraction of sp³-hybridized carbons (Fsp3) is 0.500. The van der Waals surface area contributed by atoms with Crippen molar-refractivity contribution in [3.8, 4) is 0 Å². The van der Waals surface area contributed by atoms with E-state index in [1.54, 1.807) is 29.2 Å². The Balaban J connectivity index is 1.64. The molecule has 0 bridgehead atoms. The molecule has 0 spiro atoms. The molecule has 0 atom stereocenters. The minimum Gasteiger partial charge on any atom is -0.366 e. The van der Waals surface area contributed by atoms with Crippen LogP contribution in [0.1, 0.15) is 43.1 Å². The van der Waals surface area contributed by atoms with Crippen molar-refractivity contribution in [3.63, 3.8) is 0 Å². The molecule has 2 heterocycles. The second kappa shape index (κ2) is 6.25. The highest BCUT2D eigenvalue weighted by molar-refractivity contribution is 5.39. The summed E-state index contributed by atoms with van der Waals surface area (Å²) in [5.41, 5.74) is 1.79. The van der Waals surface area contributed by atoms with Gasteiger partial charge in [-0.1, -0.05) is 0 Å². The van der Waals surface area contributed by atoms with E-state index in [1.807, 2.05) is 13.8 Å². The fourth-order valence-electron chi connectivity index (χ4n) is 2.99. The number of hydrogen-bond acceptors (Lipinski definition) is 5. The lowest BCUT2D eigenvalue weighted by Gasteiger charge is -2.30. The summed E-state index contributed by atoms with van der Waals surface area (Å²) in [5, 5.41) is 7.85. The second-order valence-electron chi connectivity index (χ2n) is 5.90. The first-order chi connectivity index (χ1) is 10.6. The van der Waals surface area contributed by atoms with E-state index < -0.39 is 0 Å². The van der Waals surface area contributed by atoms with Crippen LogP contribution < -0.4 is 10.9 Å². The molecule has 0 amide bonds. The molecule has 0 unspecified atom stereocenters. The Morgan fingerprint density at radius 1 is 1.09 bits per heavy atom. The maximum atomic E-state index is 12.0. The predicted octanol–water partition coefficient (Wildman–Crippen LogP) is 2.25. The van der Waals surface area contributed by atoms with Crippen LogP contribution in [0.3, 0.4) is 0 Å². The van der Waals surface area contributed by atoms with E-state index in [0.717, 1.165) is 42.9 Å². The summed E-state index contributed by atoms with van der Waals surface area (Å²) < 4.78 is 1.65. The fourth-order valence-corrected chi connectivity index (χ4v) is 2.99. The van der Waals surface area contributed by atoms with Crippen molar-refractivity contribution in [2.75, 3.05) is 5.32 Å². The molecule has 1 saturated carbocycles. The third kappa shape index (κ3) is 3.16. The quantitative estimate of drug-likeness (QED) is 0.941. The second-order valence-corrected chi connectivity index (χ2v) is 5.90. The Bertz CT molecular complexity index is 704. The van der Waals surface area contributed by atoms with E-state index in [2.05, 4.69) is 20.4 Å². The van der Waals surface area contributed by atoms with Crippen molar-refractivity contribution in [1.29, 1.82) is 0 Å². The average Bonchev–Trinajstić information content (AvgIpc) is 2.53. The van der Waals surface area contributed by atoms with Gasteiger partial charge in [-0.15, -0.1) is 0 Å². The van der Waals surface area contributed by atoms with Gasteiger partial charge in [0.15, 0.2) is 0 Å². The van der Waals surface area contributed by atoms with Gasteiger partial charge in [0.25, 0.3) is 5.56 Å². The number of nitrogens with one attached hydrogen (secondary N) is 1. The highest BCUT2D eigenvalue weighted by atomic mass is 16.1. The van der Waals surface area contributed by atoms with Crippen molar-refractivity contribution < 1.29 is 0 Å². The van der Waals surface area contributed by atoms with Crippen LogP contribution in [0.15, 0.2) is 29.3 Å². The van der Waals surface area contributed by atoms with E-state index in [-0.39, 0.29) is 11.6 Å². The van der Waals surface area contributed by atoms with Gasteiger partial charge < -0.3 is 5.32 Å². The zero-order valence-electron chi connectivity index (χ0n) is 13.0. The highest BCUT2D eigenvalue weighted by Gasteiger charge is 2.24. The SMILES string of the molecule is Cc1ccc(=O)n(C2CCC(Nc3nccnc3C)CC2)n1. The normalized spacial score (nSPS) is 21.5. The molecule has 1 fully saturated rings. The summed E-state index contributed by atoms with van der Waals surface area (Å²) in [5.74, 6) is 0.858. The van der Waals surface area contributed by atoms with Gasteiger partial charge in [0.1, 0.15) is 5.82 Å². The molecule has 2 aromatic rings. The third-order valence-corrected chi connectivity index (χ3v) is 4.22. The van der Waals surface area contributed by atoms with Crippen LogP contribution in [-0.2, 0) is 0 Å². The molecule has 0 aliphatic heterocycles. The van der Waals surface area contributed by atoms with Crippen molar-refractivity contribution in [1.82, 2.24) is 19.7 Å². The molecule has 0 aromatic carbocycles. The van der Waals surface area contributed by atoms with Crippen LogP contribution in [0, 0.1) is 13.8 Å². The highest BCUT2D eigenvalue weighted by Crippen LogP contribution is 2.28. The van der Waals surface area contributed by atoms with E-state index in [9.17, 15) is 4.79 Å². The number of anilines is 1. The topological polar surface area (TPSA) is 72.7 Å². The van der Waals surface area contributed by atoms with Crippen molar-refractivity contribution in [2.45, 2.75) is 51.6 Å². The Morgan fingerprint density at radius 3 is 2.55 bits per heavy atom. The Hall–Kier alpha value is -2.24. The molecule has 116 valence electrons. The summed E-state index contributed by atoms with van der Waals surface area (Å²) in [6, 6.07) is 3.96. The molecule has 1 aliphatic carbocycles. The van der Waals surface area contributed by atoms with E-state index in [4.69, 9.17) is 0 Å². The summed E-state index contributed by atoms with van der Waals surface area (Å²) >= 11 is 0. The lowest BCUT2D eigenvalue weighted by atomic mass is 9.91. The standard InChI is InChI=1S/C16H21N5O/c1-11-3-8-15(22)21(20-11)14-6-4-13(5-7-14)19-16-12(2)17-9-10-18-16/h3,8-10,13-14H,4-7H2,1-2H3,(H,18,19). The van der Waals surface area contributed by atoms with Crippen LogP contribution in [0.2, 0.25) is 0 Å². The summed E-state index contributed by atoms with van der Waals surface area (Å²) in [7, 11) is 0. The first kappa shape index (κ1) is 14.7. The minimum atomic E-state index is -0.00761. The minimum absolute atomic E-state index is 0.00761. The van der Waals surface area contributed by atoms with Gasteiger partial charge >= 0.3 is 0 Å². The van der Waals surface area contributed by atoms with E-state index >= 15 is 0 Å². The predicted molar refractivity (Wildman–Crippen MR) is 84.9 cm³/mol. The van der Waals surface area contributed by atoms with Gasteiger partial charge in [-0.2, -0.15) is 5.10 Å². The molecule has 3 rings (SSSR count). The average molecular weight is 299 g/mol. The smallest absolute Gasteiger partial charge is 0.267 e. The molecule has 1 aliphatic rings. The number of hydrogen-bond donors (Lipinski definition) is 1. The zero-order valence-corrected chi connectivity index (χ0v) is 13.0. The van der Waals surface area contributed by atoms with Gasteiger partial charge in [-0.3, -0.25) is 9.78 Å². The molecular weight excluding hydrogens is 278 g/mol. The Morgan fingerprint density at radius 2 is 1.82 bits per heavy atom. The first-order valence-electron chi connectivity index (χ1n) is 7.74.